The van der Waals surface area contributed by atoms with Crippen LogP contribution in [0.2, 0.25) is 0 Å². The fraction of sp³-hybridized carbons (Fsp3) is 0.130. The molecule has 0 aromatic heterocycles. The summed E-state index contributed by atoms with van der Waals surface area (Å²) in [6, 6.07) is 26.1. The number of rotatable bonds is 8. The van der Waals surface area contributed by atoms with Gasteiger partial charge in [0.1, 0.15) is 11.8 Å². The van der Waals surface area contributed by atoms with Crippen LogP contribution in [0.4, 0.5) is 0 Å². The zero-order valence-electron chi connectivity index (χ0n) is 15.2. The minimum atomic E-state index is -1.09. The molecule has 3 aromatic rings. The Morgan fingerprint density at radius 2 is 1.36 bits per heavy atom. The van der Waals surface area contributed by atoms with Crippen molar-refractivity contribution < 1.29 is 19.4 Å². The van der Waals surface area contributed by atoms with Crippen LogP contribution in [0, 0.1) is 0 Å². The van der Waals surface area contributed by atoms with Crippen LogP contribution in [0.25, 0.3) is 0 Å². The fourth-order valence-electron chi connectivity index (χ4n) is 2.83. The van der Waals surface area contributed by atoms with Gasteiger partial charge >= 0.3 is 5.97 Å². The summed E-state index contributed by atoms with van der Waals surface area (Å²) >= 11 is 0. The van der Waals surface area contributed by atoms with Gasteiger partial charge in [-0.1, -0.05) is 78.9 Å². The molecule has 2 N–H and O–H groups in total. The molecule has 142 valence electrons. The van der Waals surface area contributed by atoms with E-state index >= 15 is 0 Å². The van der Waals surface area contributed by atoms with E-state index in [9.17, 15) is 14.7 Å². The van der Waals surface area contributed by atoms with Gasteiger partial charge in [0.15, 0.2) is 0 Å². The second kappa shape index (κ2) is 9.37. The molecule has 0 spiro atoms. The van der Waals surface area contributed by atoms with Crippen LogP contribution < -0.4 is 10.1 Å². The van der Waals surface area contributed by atoms with E-state index < -0.39 is 24.0 Å². The van der Waals surface area contributed by atoms with Crippen LogP contribution in [0.3, 0.4) is 0 Å². The summed E-state index contributed by atoms with van der Waals surface area (Å²) in [5.74, 6) is -1.07. The largest absolute Gasteiger partial charge is 0.480 e. The van der Waals surface area contributed by atoms with Crippen molar-refractivity contribution in [1.29, 1.82) is 0 Å². The van der Waals surface area contributed by atoms with E-state index in [1.54, 1.807) is 24.3 Å². The first-order valence-corrected chi connectivity index (χ1v) is 8.97. The first-order chi connectivity index (χ1) is 13.6. The SMILES string of the molecule is O=C(O)[C@H](Cc1ccccc1)NC(=O)[C@H](Oc1ccccc1)c1ccccc1. The molecule has 0 aliphatic carbocycles. The molecule has 0 aliphatic rings. The zero-order valence-corrected chi connectivity index (χ0v) is 15.2. The number of para-hydroxylation sites is 1. The van der Waals surface area contributed by atoms with Gasteiger partial charge in [0.05, 0.1) is 0 Å². The van der Waals surface area contributed by atoms with Crippen molar-refractivity contribution in [3.05, 3.63) is 102 Å². The number of carbonyl (C=O) groups excluding carboxylic acids is 1. The van der Waals surface area contributed by atoms with Gasteiger partial charge in [-0.25, -0.2) is 4.79 Å². The zero-order chi connectivity index (χ0) is 19.8. The number of carboxylic acid groups (broad SMARTS) is 1. The Kier molecular flexibility index (Phi) is 6.41. The summed E-state index contributed by atoms with van der Waals surface area (Å²) in [6.07, 6.45) is -0.768. The highest BCUT2D eigenvalue weighted by molar-refractivity contribution is 5.87. The third-order valence-corrected chi connectivity index (χ3v) is 4.23. The van der Waals surface area contributed by atoms with Crippen LogP contribution in [0.1, 0.15) is 17.2 Å². The van der Waals surface area contributed by atoms with Gasteiger partial charge < -0.3 is 15.2 Å². The molecule has 0 saturated carbocycles. The van der Waals surface area contributed by atoms with Gasteiger partial charge in [-0.3, -0.25) is 4.79 Å². The Morgan fingerprint density at radius 1 is 0.821 bits per heavy atom. The number of carboxylic acids is 1. The topological polar surface area (TPSA) is 75.6 Å². The van der Waals surface area contributed by atoms with E-state index in [-0.39, 0.29) is 6.42 Å². The van der Waals surface area contributed by atoms with Crippen LogP contribution in [0.5, 0.6) is 5.75 Å². The van der Waals surface area contributed by atoms with Gasteiger partial charge in [-0.15, -0.1) is 0 Å². The van der Waals surface area contributed by atoms with Crippen LogP contribution in [-0.2, 0) is 16.0 Å². The lowest BCUT2D eigenvalue weighted by Crippen LogP contribution is -2.45. The summed E-state index contributed by atoms with van der Waals surface area (Å²) in [5, 5.41) is 12.2. The molecule has 3 aromatic carbocycles. The molecular formula is C23H21NO4. The molecule has 0 saturated heterocycles. The Morgan fingerprint density at radius 3 is 1.93 bits per heavy atom. The predicted octanol–water partition coefficient (Wildman–Crippen LogP) is 3.62. The Bertz CT molecular complexity index is 898. The summed E-state index contributed by atoms with van der Waals surface area (Å²) in [7, 11) is 0. The molecule has 0 radical (unpaired) electrons. The number of hydrogen-bond acceptors (Lipinski definition) is 3. The molecule has 0 unspecified atom stereocenters. The number of benzene rings is 3. The van der Waals surface area contributed by atoms with E-state index in [2.05, 4.69) is 5.32 Å². The Balaban J connectivity index is 1.80. The van der Waals surface area contributed by atoms with E-state index in [1.807, 2.05) is 66.7 Å². The second-order valence-corrected chi connectivity index (χ2v) is 6.31. The standard InChI is InChI=1S/C23H21NO4/c25-22(24-20(23(26)27)16-17-10-4-1-5-11-17)21(18-12-6-2-7-13-18)28-19-14-8-3-9-15-19/h1-15,20-21H,16H2,(H,24,25)(H,26,27)/t20-,21+/m0/s1. The van der Waals surface area contributed by atoms with Gasteiger partial charge in [0.25, 0.3) is 5.91 Å². The van der Waals surface area contributed by atoms with E-state index in [1.165, 1.54) is 0 Å². The number of ether oxygens (including phenoxy) is 1. The van der Waals surface area contributed by atoms with E-state index in [0.717, 1.165) is 5.56 Å². The monoisotopic (exact) mass is 375 g/mol. The lowest BCUT2D eigenvalue weighted by molar-refractivity contribution is -0.143. The van der Waals surface area contributed by atoms with Crippen molar-refractivity contribution in [3.63, 3.8) is 0 Å². The summed E-state index contributed by atoms with van der Waals surface area (Å²) in [6.45, 7) is 0. The van der Waals surface area contributed by atoms with Gasteiger partial charge in [0, 0.05) is 12.0 Å². The fourth-order valence-corrected chi connectivity index (χ4v) is 2.83. The predicted molar refractivity (Wildman–Crippen MR) is 106 cm³/mol. The van der Waals surface area contributed by atoms with Gasteiger partial charge in [0.2, 0.25) is 6.10 Å². The highest BCUT2D eigenvalue weighted by atomic mass is 16.5. The highest BCUT2D eigenvalue weighted by Gasteiger charge is 2.28. The van der Waals surface area contributed by atoms with Crippen LogP contribution in [-0.4, -0.2) is 23.0 Å². The second-order valence-electron chi connectivity index (χ2n) is 6.31. The van der Waals surface area contributed by atoms with Gasteiger partial charge in [-0.05, 0) is 17.7 Å². The molecule has 0 heterocycles. The van der Waals surface area contributed by atoms with Crippen LogP contribution >= 0.6 is 0 Å². The summed E-state index contributed by atoms with van der Waals surface area (Å²) in [5.41, 5.74) is 1.48. The van der Waals surface area contributed by atoms with E-state index in [4.69, 9.17) is 4.74 Å². The molecule has 0 bridgehead atoms. The van der Waals surface area contributed by atoms with Crippen molar-refractivity contribution in [3.8, 4) is 5.75 Å². The third kappa shape index (κ3) is 5.20. The minimum Gasteiger partial charge on any atom is -0.480 e. The number of carbonyl (C=O) groups is 2. The van der Waals surface area contributed by atoms with Crippen molar-refractivity contribution in [1.82, 2.24) is 5.32 Å². The minimum absolute atomic E-state index is 0.189. The van der Waals surface area contributed by atoms with Crippen molar-refractivity contribution >= 4 is 11.9 Å². The summed E-state index contributed by atoms with van der Waals surface area (Å²) < 4.78 is 5.89. The average molecular weight is 375 g/mol. The Hall–Kier alpha value is -3.60. The van der Waals surface area contributed by atoms with Crippen LogP contribution in [0.15, 0.2) is 91.0 Å². The van der Waals surface area contributed by atoms with Crippen molar-refractivity contribution in [2.24, 2.45) is 0 Å². The van der Waals surface area contributed by atoms with Crippen molar-refractivity contribution in [2.45, 2.75) is 18.6 Å². The number of aliphatic carboxylic acids is 1. The Labute approximate surface area is 163 Å². The maximum atomic E-state index is 13.0. The lowest BCUT2D eigenvalue weighted by atomic mass is 10.0. The number of hydrogen-bond donors (Lipinski definition) is 2. The molecule has 5 heteroatoms. The molecule has 2 atom stereocenters. The quantitative estimate of drug-likeness (QED) is 0.631. The molecule has 28 heavy (non-hydrogen) atoms. The summed E-state index contributed by atoms with van der Waals surface area (Å²) in [4.78, 5) is 24.7. The molecule has 5 nitrogen and oxygen atoms in total. The first-order valence-electron chi connectivity index (χ1n) is 8.97. The third-order valence-electron chi connectivity index (χ3n) is 4.23. The highest BCUT2D eigenvalue weighted by Crippen LogP contribution is 2.22. The maximum Gasteiger partial charge on any atom is 0.326 e. The molecule has 0 fully saturated rings. The molecule has 0 aliphatic heterocycles. The normalized spacial score (nSPS) is 12.6. The molecule has 1 amide bonds. The molecule has 3 rings (SSSR count). The lowest BCUT2D eigenvalue weighted by Gasteiger charge is -2.22. The van der Waals surface area contributed by atoms with Gasteiger partial charge in [-0.2, -0.15) is 0 Å². The average Bonchev–Trinajstić information content (AvgIpc) is 2.73. The number of nitrogens with one attached hydrogen (secondary N) is 1. The van der Waals surface area contributed by atoms with Crippen molar-refractivity contribution in [2.75, 3.05) is 0 Å². The van der Waals surface area contributed by atoms with E-state index in [0.29, 0.717) is 11.3 Å². The smallest absolute Gasteiger partial charge is 0.326 e. The molecular weight excluding hydrogens is 354 g/mol. The maximum absolute atomic E-state index is 13.0. The number of amides is 1. The first kappa shape index (κ1) is 19.2.